The standard InChI is InChI=1S/C12H20N4O2/c1-3-8-10(13)11(15-14-8)12(18)16-5-4-7(2)9(17)6-16/h7,9,17H,3-6,13H2,1-2H3,(H,14,15). The largest absolute Gasteiger partial charge is 0.395 e. The van der Waals surface area contributed by atoms with Crippen molar-refractivity contribution in [1.29, 1.82) is 0 Å². The van der Waals surface area contributed by atoms with Gasteiger partial charge in [-0.25, -0.2) is 0 Å². The summed E-state index contributed by atoms with van der Waals surface area (Å²) in [7, 11) is 0. The van der Waals surface area contributed by atoms with Crippen LogP contribution in [0.25, 0.3) is 0 Å². The van der Waals surface area contributed by atoms with E-state index in [1.165, 1.54) is 0 Å². The second-order valence-electron chi connectivity index (χ2n) is 4.90. The molecule has 0 radical (unpaired) electrons. The average molecular weight is 252 g/mol. The van der Waals surface area contributed by atoms with Crippen LogP contribution < -0.4 is 5.73 Å². The SMILES string of the molecule is CCc1[nH]nc(C(=O)N2CCC(C)C(O)C2)c1N. The lowest BCUT2D eigenvalue weighted by Crippen LogP contribution is -2.46. The van der Waals surface area contributed by atoms with Crippen LogP contribution in [0.1, 0.15) is 36.5 Å². The summed E-state index contributed by atoms with van der Waals surface area (Å²) < 4.78 is 0. The molecule has 1 aliphatic rings. The van der Waals surface area contributed by atoms with Crippen LogP contribution in [0.5, 0.6) is 0 Å². The molecule has 0 bridgehead atoms. The highest BCUT2D eigenvalue weighted by atomic mass is 16.3. The number of aliphatic hydroxyl groups excluding tert-OH is 1. The molecule has 0 aromatic carbocycles. The number of likely N-dealkylation sites (tertiary alicyclic amines) is 1. The van der Waals surface area contributed by atoms with Gasteiger partial charge in [-0.1, -0.05) is 13.8 Å². The summed E-state index contributed by atoms with van der Waals surface area (Å²) >= 11 is 0. The Hall–Kier alpha value is -1.56. The Labute approximate surface area is 106 Å². The number of aromatic nitrogens is 2. The molecule has 1 aromatic rings. The summed E-state index contributed by atoms with van der Waals surface area (Å²) in [6.45, 7) is 4.94. The molecule has 1 aliphatic heterocycles. The van der Waals surface area contributed by atoms with E-state index < -0.39 is 6.10 Å². The first-order valence-electron chi connectivity index (χ1n) is 6.34. The van der Waals surface area contributed by atoms with E-state index >= 15 is 0 Å². The second-order valence-corrected chi connectivity index (χ2v) is 4.90. The van der Waals surface area contributed by atoms with Crippen molar-refractivity contribution in [2.45, 2.75) is 32.8 Å². The number of carbonyl (C=O) groups is 1. The van der Waals surface area contributed by atoms with Gasteiger partial charge in [0.15, 0.2) is 5.69 Å². The number of anilines is 1. The molecule has 6 heteroatoms. The van der Waals surface area contributed by atoms with Crippen molar-refractivity contribution < 1.29 is 9.90 Å². The fourth-order valence-corrected chi connectivity index (χ4v) is 2.20. The van der Waals surface area contributed by atoms with Gasteiger partial charge in [0.05, 0.1) is 17.5 Å². The lowest BCUT2D eigenvalue weighted by Gasteiger charge is -2.33. The number of nitrogens with two attached hydrogens (primary N) is 1. The predicted molar refractivity (Wildman–Crippen MR) is 68.1 cm³/mol. The number of piperidine rings is 1. The smallest absolute Gasteiger partial charge is 0.276 e. The van der Waals surface area contributed by atoms with Gasteiger partial charge < -0.3 is 15.7 Å². The van der Waals surface area contributed by atoms with Crippen LogP contribution in [0.15, 0.2) is 0 Å². The number of H-pyrrole nitrogens is 1. The zero-order chi connectivity index (χ0) is 13.3. The maximum atomic E-state index is 12.3. The fourth-order valence-electron chi connectivity index (χ4n) is 2.20. The number of nitrogen functional groups attached to an aromatic ring is 1. The van der Waals surface area contributed by atoms with Crippen LogP contribution in [0.3, 0.4) is 0 Å². The summed E-state index contributed by atoms with van der Waals surface area (Å²) in [5.41, 5.74) is 7.36. The maximum absolute atomic E-state index is 12.3. The number of aromatic amines is 1. The Balaban J connectivity index is 2.14. The summed E-state index contributed by atoms with van der Waals surface area (Å²) in [5, 5.41) is 16.6. The van der Waals surface area contributed by atoms with Crippen molar-refractivity contribution in [3.05, 3.63) is 11.4 Å². The molecule has 0 spiro atoms. The molecule has 1 saturated heterocycles. The van der Waals surface area contributed by atoms with E-state index in [-0.39, 0.29) is 17.5 Å². The van der Waals surface area contributed by atoms with E-state index in [1.54, 1.807) is 4.90 Å². The van der Waals surface area contributed by atoms with Crippen LogP contribution in [-0.4, -0.2) is 45.3 Å². The Morgan fingerprint density at radius 1 is 1.67 bits per heavy atom. The van der Waals surface area contributed by atoms with E-state index in [9.17, 15) is 9.90 Å². The first-order valence-corrected chi connectivity index (χ1v) is 6.34. The topological polar surface area (TPSA) is 95.2 Å². The van der Waals surface area contributed by atoms with E-state index in [1.807, 2.05) is 13.8 Å². The Bertz CT molecular complexity index is 443. The third kappa shape index (κ3) is 2.20. The van der Waals surface area contributed by atoms with Gasteiger partial charge in [0.25, 0.3) is 5.91 Å². The molecule has 1 fully saturated rings. The quantitative estimate of drug-likeness (QED) is 0.710. The van der Waals surface area contributed by atoms with E-state index in [2.05, 4.69) is 10.2 Å². The Kier molecular flexibility index (Phi) is 3.56. The minimum atomic E-state index is -0.464. The van der Waals surface area contributed by atoms with E-state index in [0.29, 0.717) is 25.2 Å². The highest BCUT2D eigenvalue weighted by Gasteiger charge is 2.30. The highest BCUT2D eigenvalue weighted by molar-refractivity contribution is 5.97. The number of rotatable bonds is 2. The number of nitrogens with zero attached hydrogens (tertiary/aromatic N) is 2. The van der Waals surface area contributed by atoms with Gasteiger partial charge >= 0.3 is 0 Å². The van der Waals surface area contributed by atoms with Crippen molar-refractivity contribution in [3.63, 3.8) is 0 Å². The third-order valence-corrected chi connectivity index (χ3v) is 3.64. The molecule has 18 heavy (non-hydrogen) atoms. The van der Waals surface area contributed by atoms with Gasteiger partial charge in [0, 0.05) is 13.1 Å². The number of hydrogen-bond donors (Lipinski definition) is 3. The van der Waals surface area contributed by atoms with Gasteiger partial charge in [0.1, 0.15) is 0 Å². The van der Waals surface area contributed by atoms with Gasteiger partial charge in [-0.05, 0) is 18.8 Å². The van der Waals surface area contributed by atoms with Gasteiger partial charge in [0.2, 0.25) is 0 Å². The molecule has 1 aromatic heterocycles. The number of aryl methyl sites for hydroxylation is 1. The minimum absolute atomic E-state index is 0.200. The molecule has 6 nitrogen and oxygen atoms in total. The van der Waals surface area contributed by atoms with Crippen LogP contribution in [-0.2, 0) is 6.42 Å². The first-order chi connectivity index (χ1) is 8.54. The van der Waals surface area contributed by atoms with Crippen molar-refractivity contribution in [3.8, 4) is 0 Å². The lowest BCUT2D eigenvalue weighted by molar-refractivity contribution is 0.0246. The molecule has 2 unspecified atom stereocenters. The second kappa shape index (κ2) is 4.97. The molecule has 4 N–H and O–H groups in total. The zero-order valence-electron chi connectivity index (χ0n) is 10.8. The highest BCUT2D eigenvalue weighted by Crippen LogP contribution is 2.21. The third-order valence-electron chi connectivity index (χ3n) is 3.64. The van der Waals surface area contributed by atoms with E-state index in [4.69, 9.17) is 5.73 Å². The molecule has 0 saturated carbocycles. The van der Waals surface area contributed by atoms with Crippen molar-refractivity contribution in [1.82, 2.24) is 15.1 Å². The number of aliphatic hydroxyl groups is 1. The first kappa shape index (κ1) is 12.9. The van der Waals surface area contributed by atoms with Gasteiger partial charge in [-0.15, -0.1) is 0 Å². The van der Waals surface area contributed by atoms with Crippen LogP contribution >= 0.6 is 0 Å². The molecule has 2 rings (SSSR count). The van der Waals surface area contributed by atoms with Crippen LogP contribution in [0.4, 0.5) is 5.69 Å². The number of nitrogens with one attached hydrogen (secondary N) is 1. The molecular formula is C12H20N4O2. The summed E-state index contributed by atoms with van der Waals surface area (Å²) in [6, 6.07) is 0. The summed E-state index contributed by atoms with van der Waals surface area (Å²) in [4.78, 5) is 13.9. The molecule has 0 aliphatic carbocycles. The number of carbonyl (C=O) groups excluding carboxylic acids is 1. The monoisotopic (exact) mass is 252 g/mol. The lowest BCUT2D eigenvalue weighted by atomic mass is 9.96. The summed E-state index contributed by atoms with van der Waals surface area (Å²) in [6.07, 6.45) is 1.05. The Morgan fingerprint density at radius 2 is 2.39 bits per heavy atom. The van der Waals surface area contributed by atoms with Gasteiger partial charge in [-0.2, -0.15) is 5.10 Å². The van der Waals surface area contributed by atoms with Crippen molar-refractivity contribution in [2.75, 3.05) is 18.8 Å². The van der Waals surface area contributed by atoms with Crippen molar-refractivity contribution >= 4 is 11.6 Å². The number of β-amino-alcohol motifs (C(OH)–C–C–N with tert-alkyl or cyclic N) is 1. The van der Waals surface area contributed by atoms with Gasteiger partial charge in [-0.3, -0.25) is 9.89 Å². The van der Waals surface area contributed by atoms with Crippen molar-refractivity contribution in [2.24, 2.45) is 5.92 Å². The molecule has 1 amide bonds. The maximum Gasteiger partial charge on any atom is 0.276 e. The molecular weight excluding hydrogens is 232 g/mol. The average Bonchev–Trinajstić information content (AvgIpc) is 2.73. The normalized spacial score (nSPS) is 24.3. The minimum Gasteiger partial charge on any atom is -0.395 e. The fraction of sp³-hybridized carbons (Fsp3) is 0.667. The number of amides is 1. The molecule has 2 atom stereocenters. The van der Waals surface area contributed by atoms with E-state index in [0.717, 1.165) is 12.1 Å². The summed E-state index contributed by atoms with van der Waals surface area (Å²) in [5.74, 6) is 0.0335. The molecule has 100 valence electrons. The van der Waals surface area contributed by atoms with Crippen LogP contribution in [0.2, 0.25) is 0 Å². The number of hydrogen-bond acceptors (Lipinski definition) is 4. The van der Waals surface area contributed by atoms with Crippen LogP contribution in [0, 0.1) is 5.92 Å². The Morgan fingerprint density at radius 3 is 2.94 bits per heavy atom. The molecule has 2 heterocycles. The predicted octanol–water partition coefficient (Wildman–Crippen LogP) is 0.397. The zero-order valence-corrected chi connectivity index (χ0v) is 10.8.